The summed E-state index contributed by atoms with van der Waals surface area (Å²) >= 11 is 0. The van der Waals surface area contributed by atoms with Gasteiger partial charge in [0.1, 0.15) is 12.0 Å². The molecule has 0 spiro atoms. The first-order valence-corrected chi connectivity index (χ1v) is 7.30. The second kappa shape index (κ2) is 8.15. The fourth-order valence-electron chi connectivity index (χ4n) is 2.11. The van der Waals surface area contributed by atoms with E-state index in [9.17, 15) is 0 Å². The lowest BCUT2D eigenvalue weighted by molar-refractivity contribution is 0.304. The number of ether oxygens (including phenoxy) is 2. The Kier molecular flexibility index (Phi) is 5.88. The second-order valence-corrected chi connectivity index (χ2v) is 4.76. The molecule has 0 saturated carbocycles. The maximum atomic E-state index is 5.93. The first kappa shape index (κ1) is 15.2. The summed E-state index contributed by atoms with van der Waals surface area (Å²) in [5.74, 6) is 0.866. The number of hydrogen-bond acceptors (Lipinski definition) is 3. The third kappa shape index (κ3) is 4.12. The molecule has 0 aliphatic heterocycles. The van der Waals surface area contributed by atoms with Crippen molar-refractivity contribution in [3.05, 3.63) is 54.8 Å². The van der Waals surface area contributed by atoms with Crippen molar-refractivity contribution in [3.8, 4) is 5.75 Å². The number of rotatable bonds is 8. The second-order valence-electron chi connectivity index (χ2n) is 4.76. The molecular weight excluding hydrogens is 264 g/mol. The summed E-state index contributed by atoms with van der Waals surface area (Å²) < 4.78 is 13.1. The van der Waals surface area contributed by atoms with E-state index < -0.39 is 0 Å². The average molecular weight is 286 g/mol. The van der Waals surface area contributed by atoms with Gasteiger partial charge in [0.05, 0.1) is 25.7 Å². The molecule has 1 aromatic carbocycles. The molecule has 1 aromatic heterocycles. The van der Waals surface area contributed by atoms with E-state index in [2.05, 4.69) is 11.9 Å². The van der Waals surface area contributed by atoms with Crippen LogP contribution >= 0.6 is 0 Å². The summed E-state index contributed by atoms with van der Waals surface area (Å²) in [5, 5.41) is 0. The molecular formula is C17H22N2O2. The van der Waals surface area contributed by atoms with Crippen LogP contribution in [0.5, 0.6) is 5.75 Å². The molecule has 0 N–H and O–H groups in total. The Labute approximate surface area is 126 Å². The first-order chi connectivity index (χ1) is 10.4. The third-order valence-electron chi connectivity index (χ3n) is 3.18. The number of para-hydroxylation sites is 1. The predicted octanol–water partition coefficient (Wildman–Crippen LogP) is 3.95. The highest BCUT2D eigenvalue weighted by Crippen LogP contribution is 2.27. The zero-order valence-corrected chi connectivity index (χ0v) is 12.7. The quantitative estimate of drug-likeness (QED) is 0.544. The van der Waals surface area contributed by atoms with Crippen molar-refractivity contribution in [2.24, 2.45) is 0 Å². The van der Waals surface area contributed by atoms with Gasteiger partial charge in [-0.2, -0.15) is 0 Å². The molecule has 0 radical (unpaired) electrons. The molecule has 0 saturated heterocycles. The van der Waals surface area contributed by atoms with E-state index in [1.54, 1.807) is 25.9 Å². The molecule has 0 amide bonds. The smallest absolute Gasteiger partial charge is 0.128 e. The van der Waals surface area contributed by atoms with Crippen LogP contribution in [0.4, 0.5) is 0 Å². The van der Waals surface area contributed by atoms with E-state index in [0.717, 1.165) is 30.0 Å². The van der Waals surface area contributed by atoms with E-state index in [1.165, 1.54) is 12.8 Å². The Bertz CT molecular complexity index is 562. The number of nitrogens with zero attached hydrogens (tertiary/aromatic N) is 2. The maximum absolute atomic E-state index is 5.93. The van der Waals surface area contributed by atoms with Crippen molar-refractivity contribution in [2.45, 2.75) is 26.2 Å². The first-order valence-electron chi connectivity index (χ1n) is 7.30. The standard InChI is InChI=1S/C17H22N2O2/c1-3-4-7-12-21-17-9-6-5-8-15(17)16(13-20-2)19-11-10-18-14-19/h5-6,8-11,13-14H,3-4,7,12H2,1-2H3. The van der Waals surface area contributed by atoms with Gasteiger partial charge < -0.3 is 14.0 Å². The van der Waals surface area contributed by atoms with E-state index in [-0.39, 0.29) is 0 Å². The molecule has 1 heterocycles. The minimum absolute atomic E-state index is 0.731. The lowest BCUT2D eigenvalue weighted by Gasteiger charge is -2.14. The molecule has 0 aliphatic rings. The number of hydrogen-bond donors (Lipinski definition) is 0. The summed E-state index contributed by atoms with van der Waals surface area (Å²) in [6.45, 7) is 2.92. The molecule has 0 unspecified atom stereocenters. The highest BCUT2D eigenvalue weighted by molar-refractivity contribution is 5.69. The highest BCUT2D eigenvalue weighted by Gasteiger charge is 2.10. The topological polar surface area (TPSA) is 36.3 Å². The number of imidazole rings is 1. The van der Waals surface area contributed by atoms with Crippen molar-refractivity contribution < 1.29 is 9.47 Å². The van der Waals surface area contributed by atoms with Gasteiger partial charge in [-0.3, -0.25) is 0 Å². The van der Waals surface area contributed by atoms with Crippen LogP contribution in [0, 0.1) is 0 Å². The molecule has 0 atom stereocenters. The lowest BCUT2D eigenvalue weighted by atomic mass is 10.1. The third-order valence-corrected chi connectivity index (χ3v) is 3.18. The Morgan fingerprint density at radius 2 is 2.14 bits per heavy atom. The van der Waals surface area contributed by atoms with Crippen LogP contribution in [0.25, 0.3) is 5.70 Å². The van der Waals surface area contributed by atoms with Crippen molar-refractivity contribution in [3.63, 3.8) is 0 Å². The van der Waals surface area contributed by atoms with Gasteiger partial charge in [-0.25, -0.2) is 4.98 Å². The predicted molar refractivity (Wildman–Crippen MR) is 84.1 cm³/mol. The van der Waals surface area contributed by atoms with Gasteiger partial charge in [-0.1, -0.05) is 31.9 Å². The summed E-state index contributed by atoms with van der Waals surface area (Å²) in [5.41, 5.74) is 1.90. The minimum Gasteiger partial charge on any atom is -0.502 e. The summed E-state index contributed by atoms with van der Waals surface area (Å²) in [7, 11) is 1.64. The molecule has 4 nitrogen and oxygen atoms in total. The van der Waals surface area contributed by atoms with Crippen LogP contribution in [0.2, 0.25) is 0 Å². The van der Waals surface area contributed by atoms with Gasteiger partial charge in [0, 0.05) is 18.0 Å². The maximum Gasteiger partial charge on any atom is 0.128 e. The van der Waals surface area contributed by atoms with Crippen LogP contribution in [-0.4, -0.2) is 23.3 Å². The number of unbranched alkanes of at least 4 members (excludes halogenated alkanes) is 2. The highest BCUT2D eigenvalue weighted by atomic mass is 16.5. The fourth-order valence-corrected chi connectivity index (χ4v) is 2.11. The number of aromatic nitrogens is 2. The SMILES string of the molecule is CCCCCOc1ccccc1C(=COC)n1ccnc1. The Balaban J connectivity index is 2.23. The van der Waals surface area contributed by atoms with E-state index in [1.807, 2.05) is 35.0 Å². The Hall–Kier alpha value is -2.23. The van der Waals surface area contributed by atoms with Crippen LogP contribution in [0.1, 0.15) is 31.7 Å². The minimum atomic E-state index is 0.731. The van der Waals surface area contributed by atoms with Crippen LogP contribution in [0.3, 0.4) is 0 Å². The van der Waals surface area contributed by atoms with Gasteiger partial charge >= 0.3 is 0 Å². The fraction of sp³-hybridized carbons (Fsp3) is 0.353. The number of benzene rings is 1. The monoisotopic (exact) mass is 286 g/mol. The summed E-state index contributed by atoms with van der Waals surface area (Å²) in [6, 6.07) is 7.99. The zero-order chi connectivity index (χ0) is 14.9. The molecule has 112 valence electrons. The molecule has 0 aliphatic carbocycles. The van der Waals surface area contributed by atoms with Crippen molar-refractivity contribution in [1.29, 1.82) is 0 Å². The Morgan fingerprint density at radius 3 is 2.86 bits per heavy atom. The average Bonchev–Trinajstić information content (AvgIpc) is 3.04. The van der Waals surface area contributed by atoms with Gasteiger partial charge in [0.2, 0.25) is 0 Å². The van der Waals surface area contributed by atoms with Crippen molar-refractivity contribution in [2.75, 3.05) is 13.7 Å². The molecule has 0 bridgehead atoms. The molecule has 2 rings (SSSR count). The lowest BCUT2D eigenvalue weighted by Crippen LogP contribution is -2.03. The Morgan fingerprint density at radius 1 is 1.29 bits per heavy atom. The van der Waals surface area contributed by atoms with Crippen molar-refractivity contribution in [1.82, 2.24) is 9.55 Å². The normalized spacial score (nSPS) is 11.4. The van der Waals surface area contributed by atoms with Crippen LogP contribution in [0.15, 0.2) is 49.2 Å². The van der Waals surface area contributed by atoms with Crippen LogP contribution in [-0.2, 0) is 4.74 Å². The van der Waals surface area contributed by atoms with Gasteiger partial charge in [0.25, 0.3) is 0 Å². The number of methoxy groups -OCH3 is 1. The van der Waals surface area contributed by atoms with Gasteiger partial charge in [0.15, 0.2) is 0 Å². The van der Waals surface area contributed by atoms with E-state index >= 15 is 0 Å². The largest absolute Gasteiger partial charge is 0.502 e. The molecule has 21 heavy (non-hydrogen) atoms. The van der Waals surface area contributed by atoms with Crippen LogP contribution < -0.4 is 4.74 Å². The van der Waals surface area contributed by atoms with E-state index in [4.69, 9.17) is 9.47 Å². The molecule has 0 fully saturated rings. The summed E-state index contributed by atoms with van der Waals surface area (Å²) in [6.07, 6.45) is 10.5. The van der Waals surface area contributed by atoms with Gasteiger partial charge in [-0.05, 0) is 18.6 Å². The molecule has 4 heteroatoms. The van der Waals surface area contributed by atoms with Crippen molar-refractivity contribution >= 4 is 5.70 Å². The molecule has 2 aromatic rings. The van der Waals surface area contributed by atoms with Gasteiger partial charge in [-0.15, -0.1) is 0 Å². The van der Waals surface area contributed by atoms with E-state index in [0.29, 0.717) is 0 Å². The zero-order valence-electron chi connectivity index (χ0n) is 12.7. The summed E-state index contributed by atoms with van der Waals surface area (Å²) in [4.78, 5) is 4.09.